The Balaban J connectivity index is 1.53. The summed E-state index contributed by atoms with van der Waals surface area (Å²) in [6.45, 7) is 9.15. The molecular weight excluding hydrogens is 467 g/mol. The molecule has 0 amide bonds. The van der Waals surface area contributed by atoms with E-state index < -0.39 is 0 Å². The van der Waals surface area contributed by atoms with E-state index in [0.29, 0.717) is 16.6 Å². The van der Waals surface area contributed by atoms with E-state index in [4.69, 9.17) is 28.2 Å². The average molecular weight is 497 g/mol. The number of aromatic nitrogens is 3. The van der Waals surface area contributed by atoms with Crippen molar-refractivity contribution in [2.24, 2.45) is 0 Å². The molecule has 2 aromatic heterocycles. The minimum absolute atomic E-state index is 0.546. The monoisotopic (exact) mass is 496 g/mol. The molecule has 0 bridgehead atoms. The highest BCUT2D eigenvalue weighted by molar-refractivity contribution is 6.35. The molecule has 2 aromatic carbocycles. The zero-order valence-electron chi connectivity index (χ0n) is 19.8. The van der Waals surface area contributed by atoms with Gasteiger partial charge in [-0.2, -0.15) is 9.61 Å². The highest BCUT2D eigenvalue weighted by Gasteiger charge is 2.11. The summed E-state index contributed by atoms with van der Waals surface area (Å²) >= 11 is 12.4. The Hall–Kier alpha value is -2.80. The second-order valence-corrected chi connectivity index (χ2v) is 9.06. The van der Waals surface area contributed by atoms with Crippen LogP contribution in [0.2, 0.25) is 10.0 Å². The van der Waals surface area contributed by atoms with Gasteiger partial charge in [0.1, 0.15) is 5.82 Å². The van der Waals surface area contributed by atoms with Crippen LogP contribution in [0.4, 0.5) is 11.5 Å². The zero-order valence-corrected chi connectivity index (χ0v) is 21.3. The van der Waals surface area contributed by atoms with Gasteiger partial charge in [-0.05, 0) is 42.9 Å². The first-order chi connectivity index (χ1) is 16.5. The van der Waals surface area contributed by atoms with Crippen LogP contribution in [0.15, 0.2) is 60.8 Å². The summed E-state index contributed by atoms with van der Waals surface area (Å²) in [5.41, 5.74) is 4.87. The van der Waals surface area contributed by atoms with Gasteiger partial charge >= 0.3 is 0 Å². The van der Waals surface area contributed by atoms with E-state index in [0.717, 1.165) is 54.5 Å². The lowest BCUT2D eigenvalue weighted by molar-refractivity contribution is 0.311. The molecule has 0 aliphatic heterocycles. The fraction of sp³-hybridized carbons (Fsp3) is 0.308. The van der Waals surface area contributed by atoms with Crippen molar-refractivity contribution in [3.63, 3.8) is 0 Å². The summed E-state index contributed by atoms with van der Waals surface area (Å²) in [7, 11) is 2.14. The SMILES string of the molecule is CCN(CC)CCN(C)c1ccc(-c2cc(NCc3ccc(Cl)cc3Cl)n3nccc3n2)cc1. The van der Waals surface area contributed by atoms with Gasteiger partial charge in [-0.15, -0.1) is 0 Å². The first-order valence-electron chi connectivity index (χ1n) is 11.5. The fourth-order valence-corrected chi connectivity index (χ4v) is 4.36. The maximum atomic E-state index is 6.35. The number of nitrogens with one attached hydrogen (secondary N) is 1. The maximum Gasteiger partial charge on any atom is 0.157 e. The van der Waals surface area contributed by atoms with Crippen LogP contribution >= 0.6 is 23.2 Å². The molecule has 0 atom stereocenters. The lowest BCUT2D eigenvalue weighted by atomic mass is 10.1. The van der Waals surface area contributed by atoms with E-state index in [-0.39, 0.29) is 0 Å². The van der Waals surface area contributed by atoms with Crippen LogP contribution in [0.3, 0.4) is 0 Å². The molecule has 4 aromatic rings. The van der Waals surface area contributed by atoms with E-state index in [1.165, 1.54) is 5.69 Å². The Bertz CT molecular complexity index is 1230. The van der Waals surface area contributed by atoms with Crippen LogP contribution in [0.1, 0.15) is 19.4 Å². The number of halogens is 2. The first kappa shape index (κ1) is 24.3. The second kappa shape index (κ2) is 11.1. The van der Waals surface area contributed by atoms with Crippen LogP contribution < -0.4 is 10.2 Å². The molecule has 0 saturated carbocycles. The van der Waals surface area contributed by atoms with Crippen molar-refractivity contribution < 1.29 is 0 Å². The van der Waals surface area contributed by atoms with Crippen LogP contribution in [0.25, 0.3) is 16.9 Å². The average Bonchev–Trinajstić information content (AvgIpc) is 3.33. The van der Waals surface area contributed by atoms with Crippen LogP contribution in [-0.2, 0) is 6.54 Å². The molecule has 8 heteroatoms. The van der Waals surface area contributed by atoms with E-state index >= 15 is 0 Å². The largest absolute Gasteiger partial charge is 0.373 e. The molecule has 0 aliphatic carbocycles. The van der Waals surface area contributed by atoms with Gasteiger partial charge in [-0.25, -0.2) is 4.98 Å². The smallest absolute Gasteiger partial charge is 0.157 e. The van der Waals surface area contributed by atoms with Crippen molar-refractivity contribution in [2.75, 3.05) is 43.4 Å². The molecule has 34 heavy (non-hydrogen) atoms. The number of hydrogen-bond donors (Lipinski definition) is 1. The van der Waals surface area contributed by atoms with Gasteiger partial charge < -0.3 is 15.1 Å². The standard InChI is InChI=1S/C26H30Cl2N6/c1-4-33(5-2)15-14-32(3)22-10-7-19(8-11-22)24-17-26(34-25(31-24)12-13-30-34)29-18-20-6-9-21(27)16-23(20)28/h6-13,16-17,29H,4-5,14-15,18H2,1-3H3. The molecule has 0 fully saturated rings. The summed E-state index contributed by atoms with van der Waals surface area (Å²) < 4.78 is 1.79. The fourth-order valence-electron chi connectivity index (χ4n) is 3.88. The number of benzene rings is 2. The van der Waals surface area contributed by atoms with Crippen LogP contribution in [0.5, 0.6) is 0 Å². The third-order valence-electron chi connectivity index (χ3n) is 6.08. The van der Waals surface area contributed by atoms with Gasteiger partial charge in [0.15, 0.2) is 5.65 Å². The summed E-state index contributed by atoms with van der Waals surface area (Å²) in [4.78, 5) is 9.53. The van der Waals surface area contributed by atoms with Gasteiger partial charge in [0.25, 0.3) is 0 Å². The molecule has 0 saturated heterocycles. The molecule has 1 N–H and O–H groups in total. The quantitative estimate of drug-likeness (QED) is 0.287. The molecule has 0 unspecified atom stereocenters. The third kappa shape index (κ3) is 5.63. The second-order valence-electron chi connectivity index (χ2n) is 8.21. The van der Waals surface area contributed by atoms with Gasteiger partial charge in [0, 0.05) is 60.1 Å². The van der Waals surface area contributed by atoms with E-state index in [1.54, 1.807) is 16.8 Å². The van der Waals surface area contributed by atoms with Crippen molar-refractivity contribution in [1.29, 1.82) is 0 Å². The molecule has 0 aliphatic rings. The molecule has 4 rings (SSSR count). The lowest BCUT2D eigenvalue weighted by Gasteiger charge is -2.24. The first-order valence-corrected chi connectivity index (χ1v) is 12.3. The highest BCUT2D eigenvalue weighted by atomic mass is 35.5. The van der Waals surface area contributed by atoms with Crippen molar-refractivity contribution >= 4 is 40.4 Å². The van der Waals surface area contributed by atoms with Crippen LogP contribution in [0, 0.1) is 0 Å². The van der Waals surface area contributed by atoms with Crippen molar-refractivity contribution in [2.45, 2.75) is 20.4 Å². The Morgan fingerprint density at radius 3 is 2.41 bits per heavy atom. The molecule has 178 valence electrons. The van der Waals surface area contributed by atoms with Crippen molar-refractivity contribution in [1.82, 2.24) is 19.5 Å². The number of nitrogens with zero attached hydrogens (tertiary/aromatic N) is 5. The predicted molar refractivity (Wildman–Crippen MR) is 143 cm³/mol. The Kier molecular flexibility index (Phi) is 7.93. The van der Waals surface area contributed by atoms with Gasteiger partial charge in [-0.3, -0.25) is 0 Å². The summed E-state index contributed by atoms with van der Waals surface area (Å²) in [5.74, 6) is 0.844. The van der Waals surface area contributed by atoms with E-state index in [9.17, 15) is 0 Å². The Morgan fingerprint density at radius 1 is 0.941 bits per heavy atom. The minimum Gasteiger partial charge on any atom is -0.373 e. The number of rotatable bonds is 10. The minimum atomic E-state index is 0.546. The normalized spacial score (nSPS) is 11.4. The topological polar surface area (TPSA) is 48.7 Å². The number of anilines is 2. The van der Waals surface area contributed by atoms with Crippen molar-refractivity contribution in [3.8, 4) is 11.3 Å². The molecule has 6 nitrogen and oxygen atoms in total. The molecule has 2 heterocycles. The Labute approximate surface area is 211 Å². The molecule has 0 radical (unpaired) electrons. The number of likely N-dealkylation sites (N-methyl/N-ethyl adjacent to an activating group) is 2. The summed E-state index contributed by atoms with van der Waals surface area (Å²) in [6.07, 6.45) is 1.75. The predicted octanol–water partition coefficient (Wildman–Crippen LogP) is 6.09. The van der Waals surface area contributed by atoms with E-state index in [1.807, 2.05) is 24.3 Å². The lowest BCUT2D eigenvalue weighted by Crippen LogP contribution is -2.33. The molecular formula is C26H30Cl2N6. The van der Waals surface area contributed by atoms with Gasteiger partial charge in [0.2, 0.25) is 0 Å². The van der Waals surface area contributed by atoms with Crippen LogP contribution in [-0.4, -0.2) is 52.7 Å². The molecule has 0 spiro atoms. The van der Waals surface area contributed by atoms with Crippen molar-refractivity contribution in [3.05, 3.63) is 76.4 Å². The van der Waals surface area contributed by atoms with Gasteiger partial charge in [0.05, 0.1) is 11.9 Å². The maximum absolute atomic E-state index is 6.35. The van der Waals surface area contributed by atoms with Gasteiger partial charge in [-0.1, -0.05) is 55.2 Å². The highest BCUT2D eigenvalue weighted by Crippen LogP contribution is 2.26. The summed E-state index contributed by atoms with van der Waals surface area (Å²) in [5, 5.41) is 9.12. The number of fused-ring (bicyclic) bond motifs is 1. The Morgan fingerprint density at radius 2 is 1.71 bits per heavy atom. The summed E-state index contributed by atoms with van der Waals surface area (Å²) in [6, 6.07) is 18.0. The third-order valence-corrected chi connectivity index (χ3v) is 6.67. The zero-order chi connectivity index (χ0) is 24.1. The van der Waals surface area contributed by atoms with E-state index in [2.05, 4.69) is 65.4 Å². The number of hydrogen-bond acceptors (Lipinski definition) is 5.